The van der Waals surface area contributed by atoms with E-state index in [2.05, 4.69) is 46.9 Å². The fourth-order valence-corrected chi connectivity index (χ4v) is 2.44. The van der Waals surface area contributed by atoms with Gasteiger partial charge in [0.25, 0.3) is 0 Å². The molecular weight excluding hydrogens is 308 g/mol. The van der Waals surface area contributed by atoms with E-state index in [4.69, 9.17) is 5.11 Å². The number of carbonyl (C=O) groups is 1. The molecule has 1 aromatic rings. The van der Waals surface area contributed by atoms with Crippen LogP contribution in [-0.4, -0.2) is 41.7 Å². The van der Waals surface area contributed by atoms with Crippen LogP contribution in [0.5, 0.6) is 0 Å². The largest absolute Gasteiger partial charge is 0.478 e. The van der Waals surface area contributed by atoms with Crippen molar-refractivity contribution in [1.29, 1.82) is 0 Å². The van der Waals surface area contributed by atoms with Crippen molar-refractivity contribution in [2.24, 2.45) is 0 Å². The van der Waals surface area contributed by atoms with Crippen molar-refractivity contribution in [1.82, 2.24) is 4.90 Å². The van der Waals surface area contributed by atoms with Gasteiger partial charge in [-0.3, -0.25) is 0 Å². The lowest BCUT2D eigenvalue weighted by atomic mass is 10.2. The highest BCUT2D eigenvalue weighted by atomic mass is 79.9. The van der Waals surface area contributed by atoms with E-state index in [1.54, 1.807) is 18.2 Å². The third-order valence-electron chi connectivity index (χ3n) is 3.04. The normalized spacial score (nSPS) is 12.5. The van der Waals surface area contributed by atoms with Gasteiger partial charge in [0.2, 0.25) is 0 Å². The molecule has 0 bridgehead atoms. The van der Waals surface area contributed by atoms with E-state index in [1.165, 1.54) is 0 Å². The molecule has 0 fully saturated rings. The van der Waals surface area contributed by atoms with Crippen LogP contribution < -0.4 is 5.32 Å². The van der Waals surface area contributed by atoms with Gasteiger partial charge in [0, 0.05) is 22.7 Å². The molecule has 0 heterocycles. The molecule has 106 valence electrons. The number of rotatable bonds is 7. The van der Waals surface area contributed by atoms with Crippen molar-refractivity contribution in [3.05, 3.63) is 28.2 Å². The molecule has 2 N–H and O–H groups in total. The van der Waals surface area contributed by atoms with Crippen LogP contribution in [0, 0.1) is 0 Å². The van der Waals surface area contributed by atoms with E-state index in [9.17, 15) is 4.79 Å². The summed E-state index contributed by atoms with van der Waals surface area (Å²) in [5, 5.41) is 12.3. The van der Waals surface area contributed by atoms with Crippen molar-refractivity contribution < 1.29 is 9.90 Å². The van der Waals surface area contributed by atoms with E-state index in [0.717, 1.165) is 29.8 Å². The highest BCUT2D eigenvalue weighted by Gasteiger charge is 2.10. The molecule has 0 aliphatic heterocycles. The van der Waals surface area contributed by atoms with Crippen LogP contribution >= 0.6 is 15.9 Å². The topological polar surface area (TPSA) is 52.6 Å². The van der Waals surface area contributed by atoms with Crippen LogP contribution in [0.1, 0.15) is 31.1 Å². The molecule has 0 saturated heterocycles. The summed E-state index contributed by atoms with van der Waals surface area (Å²) in [6.45, 7) is 9.43. The Morgan fingerprint density at radius 2 is 2.05 bits per heavy atom. The molecule has 0 aliphatic rings. The number of aromatic carboxylic acids is 1. The number of hydrogen-bond donors (Lipinski definition) is 2. The monoisotopic (exact) mass is 328 g/mol. The van der Waals surface area contributed by atoms with Crippen LogP contribution in [0.25, 0.3) is 0 Å². The number of nitrogens with one attached hydrogen (secondary N) is 1. The van der Waals surface area contributed by atoms with Crippen molar-refractivity contribution in [3.8, 4) is 0 Å². The minimum absolute atomic E-state index is 0.286. The Labute approximate surface area is 122 Å². The van der Waals surface area contributed by atoms with Crippen LogP contribution in [0.2, 0.25) is 0 Å². The van der Waals surface area contributed by atoms with E-state index < -0.39 is 5.97 Å². The van der Waals surface area contributed by atoms with E-state index >= 15 is 0 Å². The molecule has 0 aromatic heterocycles. The maximum absolute atomic E-state index is 10.9. The highest BCUT2D eigenvalue weighted by Crippen LogP contribution is 2.24. The zero-order valence-electron chi connectivity index (χ0n) is 11.6. The lowest BCUT2D eigenvalue weighted by Gasteiger charge is -2.24. The molecule has 0 saturated carbocycles. The van der Waals surface area contributed by atoms with Gasteiger partial charge in [0.15, 0.2) is 0 Å². The maximum Gasteiger partial charge on any atom is 0.335 e. The number of carboxylic acid groups (broad SMARTS) is 1. The minimum atomic E-state index is -0.913. The van der Waals surface area contributed by atoms with E-state index in [1.807, 2.05) is 0 Å². The standard InChI is InChI=1S/C14H21BrN2O2/c1-4-17(5-2)9-10(3)16-13-7-6-11(14(18)19)8-12(13)15/h6-8,10,16H,4-5,9H2,1-3H3,(H,18,19). The van der Waals surface area contributed by atoms with Gasteiger partial charge in [0.1, 0.15) is 0 Å². The Morgan fingerprint density at radius 1 is 1.42 bits per heavy atom. The van der Waals surface area contributed by atoms with Crippen molar-refractivity contribution >= 4 is 27.6 Å². The number of nitrogens with zero attached hydrogens (tertiary/aromatic N) is 1. The summed E-state index contributed by atoms with van der Waals surface area (Å²) in [5.74, 6) is -0.913. The lowest BCUT2D eigenvalue weighted by Crippen LogP contribution is -2.34. The summed E-state index contributed by atoms with van der Waals surface area (Å²) >= 11 is 3.40. The third kappa shape index (κ3) is 4.84. The first-order chi connectivity index (χ1) is 8.97. The molecule has 4 nitrogen and oxygen atoms in total. The van der Waals surface area contributed by atoms with Gasteiger partial charge in [-0.2, -0.15) is 0 Å². The average molecular weight is 329 g/mol. The number of anilines is 1. The van der Waals surface area contributed by atoms with Crippen molar-refractivity contribution in [2.45, 2.75) is 26.8 Å². The van der Waals surface area contributed by atoms with Crippen LogP contribution in [0.15, 0.2) is 22.7 Å². The van der Waals surface area contributed by atoms with Gasteiger partial charge in [-0.05, 0) is 54.1 Å². The van der Waals surface area contributed by atoms with Gasteiger partial charge in [-0.25, -0.2) is 4.79 Å². The second kappa shape index (κ2) is 7.50. The lowest BCUT2D eigenvalue weighted by molar-refractivity contribution is 0.0697. The van der Waals surface area contributed by atoms with Crippen LogP contribution in [0.3, 0.4) is 0 Å². The number of likely N-dealkylation sites (N-methyl/N-ethyl adjacent to an activating group) is 1. The quantitative estimate of drug-likeness (QED) is 0.806. The molecule has 19 heavy (non-hydrogen) atoms. The van der Waals surface area contributed by atoms with Gasteiger partial charge in [-0.1, -0.05) is 13.8 Å². The summed E-state index contributed by atoms with van der Waals surface area (Å²) in [6, 6.07) is 5.33. The van der Waals surface area contributed by atoms with Gasteiger partial charge < -0.3 is 15.3 Å². The molecule has 1 unspecified atom stereocenters. The van der Waals surface area contributed by atoms with Crippen LogP contribution in [0.4, 0.5) is 5.69 Å². The first kappa shape index (κ1) is 16.0. The summed E-state index contributed by atoms with van der Waals surface area (Å²) in [6.07, 6.45) is 0. The van der Waals surface area contributed by atoms with Crippen LogP contribution in [-0.2, 0) is 0 Å². The highest BCUT2D eigenvalue weighted by molar-refractivity contribution is 9.10. The Bertz CT molecular complexity index is 433. The predicted molar refractivity (Wildman–Crippen MR) is 82.0 cm³/mol. The molecule has 1 atom stereocenters. The molecule has 0 amide bonds. The smallest absolute Gasteiger partial charge is 0.335 e. The molecule has 1 rings (SSSR count). The SMILES string of the molecule is CCN(CC)CC(C)Nc1ccc(C(=O)O)cc1Br. The Kier molecular flexibility index (Phi) is 6.31. The second-order valence-corrected chi connectivity index (χ2v) is 5.39. The maximum atomic E-state index is 10.9. The first-order valence-electron chi connectivity index (χ1n) is 6.49. The third-order valence-corrected chi connectivity index (χ3v) is 3.70. The zero-order chi connectivity index (χ0) is 14.4. The molecule has 5 heteroatoms. The fourth-order valence-electron chi connectivity index (χ4n) is 1.95. The van der Waals surface area contributed by atoms with E-state index in [0.29, 0.717) is 6.04 Å². The zero-order valence-corrected chi connectivity index (χ0v) is 13.2. The minimum Gasteiger partial charge on any atom is -0.478 e. The summed E-state index contributed by atoms with van der Waals surface area (Å²) < 4.78 is 0.777. The van der Waals surface area contributed by atoms with E-state index in [-0.39, 0.29) is 5.56 Å². The van der Waals surface area contributed by atoms with Gasteiger partial charge >= 0.3 is 5.97 Å². The summed E-state index contributed by atoms with van der Waals surface area (Å²) in [5.41, 5.74) is 1.21. The summed E-state index contributed by atoms with van der Waals surface area (Å²) in [7, 11) is 0. The molecule has 1 aromatic carbocycles. The van der Waals surface area contributed by atoms with Gasteiger partial charge in [0.05, 0.1) is 5.56 Å². The number of carboxylic acids is 1. The predicted octanol–water partition coefficient (Wildman–Crippen LogP) is 3.29. The molecular formula is C14H21BrN2O2. The Morgan fingerprint density at radius 3 is 2.53 bits per heavy atom. The second-order valence-electron chi connectivity index (χ2n) is 4.53. The first-order valence-corrected chi connectivity index (χ1v) is 7.28. The average Bonchev–Trinajstić information content (AvgIpc) is 2.38. The van der Waals surface area contributed by atoms with Gasteiger partial charge in [-0.15, -0.1) is 0 Å². The number of hydrogen-bond acceptors (Lipinski definition) is 3. The summed E-state index contributed by atoms with van der Waals surface area (Å²) in [4.78, 5) is 13.2. The molecule has 0 radical (unpaired) electrons. The fraction of sp³-hybridized carbons (Fsp3) is 0.500. The molecule has 0 spiro atoms. The Balaban J connectivity index is 2.69. The Hall–Kier alpha value is -1.07. The van der Waals surface area contributed by atoms with Crippen molar-refractivity contribution in [3.63, 3.8) is 0 Å². The number of benzene rings is 1. The molecule has 0 aliphatic carbocycles. The number of halogens is 1. The van der Waals surface area contributed by atoms with Crippen molar-refractivity contribution in [2.75, 3.05) is 25.0 Å².